The van der Waals surface area contributed by atoms with Crippen molar-refractivity contribution in [3.05, 3.63) is 28.6 Å². The molecule has 5 nitrogen and oxygen atoms in total. The first-order valence-electron chi connectivity index (χ1n) is 3.88. The SMILES string of the molecule is CSc1cc([N+](=O)[O-])cc2[nH]cnc12. The van der Waals surface area contributed by atoms with Crippen molar-refractivity contribution in [1.29, 1.82) is 0 Å². The number of nitrogens with zero attached hydrogens (tertiary/aromatic N) is 2. The lowest BCUT2D eigenvalue weighted by Crippen LogP contribution is -1.88. The molecule has 0 aliphatic heterocycles. The van der Waals surface area contributed by atoms with Crippen molar-refractivity contribution in [2.24, 2.45) is 0 Å². The van der Waals surface area contributed by atoms with Gasteiger partial charge in [0.15, 0.2) is 0 Å². The van der Waals surface area contributed by atoms with Gasteiger partial charge in [-0.15, -0.1) is 11.8 Å². The predicted octanol–water partition coefficient (Wildman–Crippen LogP) is 2.19. The molecule has 1 aromatic heterocycles. The molecular formula is C8H7N3O2S. The lowest BCUT2D eigenvalue weighted by molar-refractivity contribution is -0.384. The number of nitro benzene ring substituents is 1. The monoisotopic (exact) mass is 209 g/mol. The first kappa shape index (κ1) is 9.01. The highest BCUT2D eigenvalue weighted by molar-refractivity contribution is 7.98. The summed E-state index contributed by atoms with van der Waals surface area (Å²) in [6, 6.07) is 3.02. The van der Waals surface area contributed by atoms with E-state index in [0.717, 1.165) is 10.4 Å². The van der Waals surface area contributed by atoms with Crippen molar-refractivity contribution in [3.8, 4) is 0 Å². The van der Waals surface area contributed by atoms with Crippen LogP contribution in [0.3, 0.4) is 0 Å². The zero-order valence-corrected chi connectivity index (χ0v) is 8.17. The Morgan fingerprint density at radius 2 is 2.36 bits per heavy atom. The molecule has 0 fully saturated rings. The number of non-ortho nitro benzene ring substituents is 1. The summed E-state index contributed by atoms with van der Waals surface area (Å²) >= 11 is 1.45. The molecule has 0 radical (unpaired) electrons. The van der Waals surface area contributed by atoms with Gasteiger partial charge in [0.2, 0.25) is 0 Å². The fraction of sp³-hybridized carbons (Fsp3) is 0.125. The van der Waals surface area contributed by atoms with Gasteiger partial charge >= 0.3 is 0 Å². The summed E-state index contributed by atoms with van der Waals surface area (Å²) in [5, 5.41) is 10.6. The third-order valence-corrected chi connectivity index (χ3v) is 2.66. The van der Waals surface area contributed by atoms with E-state index < -0.39 is 4.92 Å². The van der Waals surface area contributed by atoms with Crippen LogP contribution < -0.4 is 0 Å². The summed E-state index contributed by atoms with van der Waals surface area (Å²) in [7, 11) is 0. The molecule has 2 rings (SSSR count). The van der Waals surface area contributed by atoms with Gasteiger partial charge in [0, 0.05) is 17.0 Å². The number of aromatic amines is 1. The average Bonchev–Trinajstić information content (AvgIpc) is 2.63. The average molecular weight is 209 g/mol. The highest BCUT2D eigenvalue weighted by atomic mass is 32.2. The van der Waals surface area contributed by atoms with Crippen LogP contribution in [0, 0.1) is 10.1 Å². The Balaban J connectivity index is 2.73. The molecular weight excluding hydrogens is 202 g/mol. The van der Waals surface area contributed by atoms with Gasteiger partial charge in [-0.2, -0.15) is 0 Å². The van der Waals surface area contributed by atoms with Crippen LogP contribution in [0.5, 0.6) is 0 Å². The highest BCUT2D eigenvalue weighted by Crippen LogP contribution is 2.28. The van der Waals surface area contributed by atoms with Gasteiger partial charge in [-0.3, -0.25) is 10.1 Å². The fourth-order valence-electron chi connectivity index (χ4n) is 1.26. The summed E-state index contributed by atoms with van der Waals surface area (Å²) in [6.45, 7) is 0. The summed E-state index contributed by atoms with van der Waals surface area (Å²) in [6.07, 6.45) is 3.40. The number of H-pyrrole nitrogens is 1. The number of nitrogens with one attached hydrogen (secondary N) is 1. The molecule has 0 atom stereocenters. The topological polar surface area (TPSA) is 71.8 Å². The molecule has 0 unspecified atom stereocenters. The smallest absolute Gasteiger partial charge is 0.272 e. The predicted molar refractivity (Wildman–Crippen MR) is 54.5 cm³/mol. The second-order valence-electron chi connectivity index (χ2n) is 2.70. The van der Waals surface area contributed by atoms with Crippen molar-refractivity contribution in [1.82, 2.24) is 9.97 Å². The minimum absolute atomic E-state index is 0.0890. The first-order chi connectivity index (χ1) is 6.72. The molecule has 72 valence electrons. The van der Waals surface area contributed by atoms with Crippen molar-refractivity contribution >= 4 is 28.5 Å². The van der Waals surface area contributed by atoms with Crippen LogP contribution in [0.1, 0.15) is 0 Å². The molecule has 0 amide bonds. The number of hydrogen-bond acceptors (Lipinski definition) is 4. The molecule has 0 bridgehead atoms. The van der Waals surface area contributed by atoms with E-state index in [1.54, 1.807) is 0 Å². The van der Waals surface area contributed by atoms with Gasteiger partial charge in [-0.1, -0.05) is 0 Å². The Morgan fingerprint density at radius 1 is 1.57 bits per heavy atom. The van der Waals surface area contributed by atoms with Crippen LogP contribution in [0.15, 0.2) is 23.4 Å². The van der Waals surface area contributed by atoms with Crippen molar-refractivity contribution in [2.45, 2.75) is 4.90 Å². The number of benzene rings is 1. The molecule has 0 aliphatic carbocycles. The van der Waals surface area contributed by atoms with E-state index in [1.165, 1.54) is 30.2 Å². The summed E-state index contributed by atoms with van der Waals surface area (Å²) in [5.41, 5.74) is 1.57. The Labute approximate surface area is 83.7 Å². The minimum Gasteiger partial charge on any atom is -0.344 e. The zero-order chi connectivity index (χ0) is 10.1. The quantitative estimate of drug-likeness (QED) is 0.467. The standard InChI is InChI=1S/C8H7N3O2S/c1-14-7-3-5(11(12)13)2-6-8(7)10-4-9-6/h2-4H,1H3,(H,9,10). The molecule has 2 aromatic rings. The molecule has 1 N–H and O–H groups in total. The van der Waals surface area contributed by atoms with E-state index in [0.29, 0.717) is 5.52 Å². The first-order valence-corrected chi connectivity index (χ1v) is 5.10. The maximum Gasteiger partial charge on any atom is 0.272 e. The van der Waals surface area contributed by atoms with E-state index in [4.69, 9.17) is 0 Å². The van der Waals surface area contributed by atoms with Crippen LogP contribution in [0.4, 0.5) is 5.69 Å². The maximum absolute atomic E-state index is 10.6. The molecule has 0 saturated carbocycles. The summed E-state index contributed by atoms with van der Waals surface area (Å²) < 4.78 is 0. The lowest BCUT2D eigenvalue weighted by atomic mass is 10.3. The van der Waals surface area contributed by atoms with E-state index in [9.17, 15) is 10.1 Å². The van der Waals surface area contributed by atoms with Gasteiger partial charge in [-0.25, -0.2) is 4.98 Å². The number of imidazole rings is 1. The lowest BCUT2D eigenvalue weighted by Gasteiger charge is -1.97. The molecule has 6 heteroatoms. The zero-order valence-electron chi connectivity index (χ0n) is 7.35. The number of rotatable bonds is 2. The number of fused-ring (bicyclic) bond motifs is 1. The van der Waals surface area contributed by atoms with Crippen LogP contribution in [-0.2, 0) is 0 Å². The molecule has 0 aliphatic rings. The second-order valence-corrected chi connectivity index (χ2v) is 3.55. The normalized spacial score (nSPS) is 10.6. The van der Waals surface area contributed by atoms with Crippen LogP contribution in [-0.4, -0.2) is 21.1 Å². The maximum atomic E-state index is 10.6. The minimum atomic E-state index is -0.403. The molecule has 0 saturated heterocycles. The van der Waals surface area contributed by atoms with Gasteiger partial charge in [0.25, 0.3) is 5.69 Å². The Morgan fingerprint density at radius 3 is 3.00 bits per heavy atom. The van der Waals surface area contributed by atoms with Crippen LogP contribution in [0.2, 0.25) is 0 Å². The van der Waals surface area contributed by atoms with E-state index in [1.807, 2.05) is 6.26 Å². The fourth-order valence-corrected chi connectivity index (χ4v) is 1.86. The molecule has 14 heavy (non-hydrogen) atoms. The van der Waals surface area contributed by atoms with Gasteiger partial charge in [0.05, 0.1) is 16.8 Å². The van der Waals surface area contributed by atoms with E-state index in [2.05, 4.69) is 9.97 Å². The third kappa shape index (κ3) is 1.33. The third-order valence-electron chi connectivity index (χ3n) is 1.90. The second kappa shape index (κ2) is 3.30. The largest absolute Gasteiger partial charge is 0.344 e. The molecule has 1 heterocycles. The number of aromatic nitrogens is 2. The van der Waals surface area contributed by atoms with Crippen LogP contribution in [0.25, 0.3) is 11.0 Å². The summed E-state index contributed by atoms with van der Waals surface area (Å²) in [4.78, 5) is 18.0. The van der Waals surface area contributed by atoms with E-state index >= 15 is 0 Å². The van der Waals surface area contributed by atoms with Gasteiger partial charge in [-0.05, 0) is 6.26 Å². The number of thioether (sulfide) groups is 1. The Bertz CT molecular complexity index is 494. The van der Waals surface area contributed by atoms with Gasteiger partial charge < -0.3 is 4.98 Å². The van der Waals surface area contributed by atoms with Gasteiger partial charge in [0.1, 0.15) is 5.52 Å². The number of nitro groups is 1. The molecule has 0 spiro atoms. The Kier molecular flexibility index (Phi) is 2.12. The van der Waals surface area contributed by atoms with Crippen LogP contribution >= 0.6 is 11.8 Å². The molecule has 1 aromatic carbocycles. The van der Waals surface area contributed by atoms with Crippen molar-refractivity contribution in [2.75, 3.05) is 6.26 Å². The summed E-state index contributed by atoms with van der Waals surface area (Å²) in [5.74, 6) is 0. The van der Waals surface area contributed by atoms with Crippen molar-refractivity contribution < 1.29 is 4.92 Å². The van der Waals surface area contributed by atoms with Crippen molar-refractivity contribution in [3.63, 3.8) is 0 Å². The number of hydrogen-bond donors (Lipinski definition) is 1. The van der Waals surface area contributed by atoms with E-state index in [-0.39, 0.29) is 5.69 Å². The Hall–Kier alpha value is -1.56. The highest BCUT2D eigenvalue weighted by Gasteiger charge is 2.12.